The Morgan fingerprint density at radius 2 is 2.10 bits per heavy atom. The first-order valence-corrected chi connectivity index (χ1v) is 8.03. The minimum Gasteiger partial charge on any atom is -0.336 e. The topological polar surface area (TPSA) is 51.0 Å². The van der Waals surface area contributed by atoms with Gasteiger partial charge in [-0.25, -0.2) is 4.98 Å². The number of aryl methyl sites for hydroxylation is 4. The molecule has 0 N–H and O–H groups in total. The van der Waals surface area contributed by atoms with Crippen LogP contribution in [0.25, 0.3) is 0 Å². The summed E-state index contributed by atoms with van der Waals surface area (Å²) < 4.78 is 2.06. The van der Waals surface area contributed by atoms with Crippen molar-refractivity contribution >= 4 is 17.2 Å². The predicted molar refractivity (Wildman–Crippen MR) is 82.8 cm³/mol. The van der Waals surface area contributed by atoms with Crippen molar-refractivity contribution in [1.29, 1.82) is 0 Å². The summed E-state index contributed by atoms with van der Waals surface area (Å²) in [6, 6.07) is 2.37. The second-order valence-electron chi connectivity index (χ2n) is 5.71. The molecule has 21 heavy (non-hydrogen) atoms. The van der Waals surface area contributed by atoms with Crippen LogP contribution in [0.4, 0.5) is 0 Å². The molecule has 0 radical (unpaired) electrons. The average molecular weight is 304 g/mol. The van der Waals surface area contributed by atoms with Crippen LogP contribution in [0.3, 0.4) is 0 Å². The molecule has 0 spiro atoms. The van der Waals surface area contributed by atoms with E-state index in [0.717, 1.165) is 46.5 Å². The first-order valence-electron chi connectivity index (χ1n) is 7.21. The van der Waals surface area contributed by atoms with Gasteiger partial charge >= 0.3 is 0 Å². The van der Waals surface area contributed by atoms with Gasteiger partial charge in [-0.15, -0.1) is 11.3 Å². The Bertz CT molecular complexity index is 688. The average Bonchev–Trinajstić information content (AvgIpc) is 3.08. The van der Waals surface area contributed by atoms with Crippen molar-refractivity contribution in [1.82, 2.24) is 19.7 Å². The van der Waals surface area contributed by atoms with Crippen LogP contribution in [0.2, 0.25) is 0 Å². The molecule has 3 heterocycles. The van der Waals surface area contributed by atoms with Gasteiger partial charge in [0.1, 0.15) is 4.88 Å². The fourth-order valence-electron chi connectivity index (χ4n) is 3.01. The largest absolute Gasteiger partial charge is 0.336 e. The smallest absolute Gasteiger partial charge is 0.265 e. The van der Waals surface area contributed by atoms with E-state index in [1.165, 1.54) is 11.3 Å². The maximum Gasteiger partial charge on any atom is 0.265 e. The number of aromatic nitrogens is 3. The Hall–Kier alpha value is -1.69. The molecular weight excluding hydrogens is 284 g/mol. The third kappa shape index (κ3) is 2.60. The number of nitrogens with zero attached hydrogens (tertiary/aromatic N) is 4. The van der Waals surface area contributed by atoms with Crippen LogP contribution in [0, 0.1) is 27.7 Å². The molecule has 1 atom stereocenters. The minimum absolute atomic E-state index is 0.113. The van der Waals surface area contributed by atoms with Crippen LogP contribution in [0.15, 0.2) is 6.07 Å². The minimum atomic E-state index is 0.113. The summed E-state index contributed by atoms with van der Waals surface area (Å²) in [5, 5.41) is 5.50. The van der Waals surface area contributed by atoms with Crippen molar-refractivity contribution in [3.05, 3.63) is 33.0 Å². The first kappa shape index (κ1) is 14.3. The van der Waals surface area contributed by atoms with Gasteiger partial charge in [0.15, 0.2) is 0 Å². The second kappa shape index (κ2) is 5.26. The molecule has 112 valence electrons. The van der Waals surface area contributed by atoms with E-state index in [4.69, 9.17) is 0 Å². The van der Waals surface area contributed by atoms with Gasteiger partial charge in [0, 0.05) is 18.8 Å². The first-order chi connectivity index (χ1) is 9.95. The normalized spacial score (nSPS) is 18.5. The van der Waals surface area contributed by atoms with E-state index in [-0.39, 0.29) is 11.9 Å². The third-order valence-corrected chi connectivity index (χ3v) is 5.00. The zero-order valence-corrected chi connectivity index (χ0v) is 13.7. The number of hydrogen-bond acceptors (Lipinski definition) is 4. The molecule has 0 saturated carbocycles. The summed E-state index contributed by atoms with van der Waals surface area (Å²) in [6.07, 6.45) is 0.963. The van der Waals surface area contributed by atoms with Crippen molar-refractivity contribution in [3.8, 4) is 0 Å². The fraction of sp³-hybridized carbons (Fsp3) is 0.533. The van der Waals surface area contributed by atoms with E-state index in [1.54, 1.807) is 0 Å². The maximum absolute atomic E-state index is 12.6. The molecule has 5 nitrogen and oxygen atoms in total. The highest BCUT2D eigenvalue weighted by atomic mass is 32.1. The third-order valence-electron chi connectivity index (χ3n) is 3.94. The number of carbonyl (C=O) groups excluding carboxylic acids is 1. The molecule has 3 rings (SSSR count). The lowest BCUT2D eigenvalue weighted by molar-refractivity contribution is 0.0790. The molecule has 0 aromatic carbocycles. The van der Waals surface area contributed by atoms with Crippen LogP contribution >= 0.6 is 11.3 Å². The number of hydrogen-bond donors (Lipinski definition) is 0. The van der Waals surface area contributed by atoms with Gasteiger partial charge in [-0.1, -0.05) is 0 Å². The zero-order chi connectivity index (χ0) is 15.1. The van der Waals surface area contributed by atoms with Gasteiger partial charge in [0.05, 0.1) is 22.4 Å². The van der Waals surface area contributed by atoms with Gasteiger partial charge < -0.3 is 4.90 Å². The van der Waals surface area contributed by atoms with E-state index < -0.39 is 0 Å². The summed E-state index contributed by atoms with van der Waals surface area (Å²) in [5.74, 6) is 0.113. The summed E-state index contributed by atoms with van der Waals surface area (Å²) in [5.41, 5.74) is 3.04. The zero-order valence-electron chi connectivity index (χ0n) is 12.9. The van der Waals surface area contributed by atoms with E-state index in [1.807, 2.05) is 25.7 Å². The summed E-state index contributed by atoms with van der Waals surface area (Å²) >= 11 is 1.49. The van der Waals surface area contributed by atoms with Crippen LogP contribution in [0.1, 0.15) is 44.2 Å². The molecule has 1 aliphatic rings. The number of rotatable bonds is 2. The maximum atomic E-state index is 12.6. The molecule has 1 aliphatic heterocycles. The Balaban J connectivity index is 1.76. The summed E-state index contributed by atoms with van der Waals surface area (Å²) in [4.78, 5) is 19.7. The second-order valence-corrected chi connectivity index (χ2v) is 6.92. The Labute approximate surface area is 128 Å². The van der Waals surface area contributed by atoms with Gasteiger partial charge in [0.25, 0.3) is 5.91 Å². The van der Waals surface area contributed by atoms with E-state index >= 15 is 0 Å². The van der Waals surface area contributed by atoms with Gasteiger partial charge in [-0.3, -0.25) is 9.48 Å². The molecule has 0 aliphatic carbocycles. The number of carbonyl (C=O) groups is 1. The van der Waals surface area contributed by atoms with E-state index in [9.17, 15) is 4.79 Å². The lowest BCUT2D eigenvalue weighted by atomic mass is 10.2. The molecule has 1 fully saturated rings. The van der Waals surface area contributed by atoms with Crippen molar-refractivity contribution < 1.29 is 4.79 Å². The molecule has 2 aromatic heterocycles. The molecule has 0 bridgehead atoms. The molecule has 0 unspecified atom stereocenters. The highest BCUT2D eigenvalue weighted by Crippen LogP contribution is 2.27. The van der Waals surface area contributed by atoms with E-state index in [2.05, 4.69) is 27.8 Å². The van der Waals surface area contributed by atoms with Crippen LogP contribution in [-0.4, -0.2) is 38.7 Å². The predicted octanol–water partition coefficient (Wildman–Crippen LogP) is 2.66. The highest BCUT2D eigenvalue weighted by Gasteiger charge is 2.30. The van der Waals surface area contributed by atoms with Crippen molar-refractivity contribution in [2.75, 3.05) is 13.1 Å². The Kier molecular flexibility index (Phi) is 3.57. The number of likely N-dealkylation sites (tertiary alicyclic amines) is 1. The van der Waals surface area contributed by atoms with Crippen molar-refractivity contribution in [2.45, 2.75) is 40.2 Å². The quantitative estimate of drug-likeness (QED) is 0.857. The monoisotopic (exact) mass is 304 g/mol. The molecule has 1 saturated heterocycles. The highest BCUT2D eigenvalue weighted by molar-refractivity contribution is 7.13. The lowest BCUT2D eigenvalue weighted by Gasteiger charge is -2.17. The molecule has 1 amide bonds. The van der Waals surface area contributed by atoms with Crippen molar-refractivity contribution in [3.63, 3.8) is 0 Å². The van der Waals surface area contributed by atoms with Gasteiger partial charge in [-0.2, -0.15) is 5.10 Å². The molecule has 6 heteroatoms. The van der Waals surface area contributed by atoms with Crippen LogP contribution < -0.4 is 0 Å². The van der Waals surface area contributed by atoms with E-state index in [0.29, 0.717) is 0 Å². The van der Waals surface area contributed by atoms with Gasteiger partial charge in [0.2, 0.25) is 0 Å². The van der Waals surface area contributed by atoms with Crippen LogP contribution in [0.5, 0.6) is 0 Å². The lowest BCUT2D eigenvalue weighted by Crippen LogP contribution is -2.29. The number of amides is 1. The number of thiazole rings is 1. The Morgan fingerprint density at radius 1 is 1.33 bits per heavy atom. The fourth-order valence-corrected chi connectivity index (χ4v) is 3.90. The van der Waals surface area contributed by atoms with Gasteiger partial charge in [-0.05, 0) is 40.2 Å². The Morgan fingerprint density at radius 3 is 2.67 bits per heavy atom. The standard InChI is InChI=1S/C15H20N4OS/c1-9-7-10(2)19(17-9)13-5-6-18(8-13)15(20)14-11(3)16-12(4)21-14/h7,13H,5-6,8H2,1-4H3/t13-/m0/s1. The van der Waals surface area contributed by atoms with Crippen LogP contribution in [-0.2, 0) is 0 Å². The SMILES string of the molecule is Cc1cc(C)n([C@H]2CCN(C(=O)c3sc(C)nc3C)C2)n1. The molecular formula is C15H20N4OS. The summed E-state index contributed by atoms with van der Waals surface area (Å²) in [6.45, 7) is 9.45. The van der Waals surface area contributed by atoms with Crippen molar-refractivity contribution in [2.24, 2.45) is 0 Å². The summed E-state index contributed by atoms with van der Waals surface area (Å²) in [7, 11) is 0. The molecule has 2 aromatic rings.